The Hall–Kier alpha value is -2.05. The standard InChI is InChI=1S/C13H18N6O2S/c1-8(2)13(5,7-14)18-22(20,21)12-16-11-15-9(3)6-10(4)19(11)17-12/h6,8,18H,1-5H3/t13-/m0/s1. The Bertz CT molecular complexity index is 865. The van der Waals surface area contributed by atoms with Crippen molar-refractivity contribution >= 4 is 15.8 Å². The minimum atomic E-state index is -4.02. The van der Waals surface area contributed by atoms with Gasteiger partial charge in [-0.3, -0.25) is 0 Å². The third-order valence-electron chi connectivity index (χ3n) is 3.57. The van der Waals surface area contributed by atoms with Gasteiger partial charge in [0.25, 0.3) is 21.0 Å². The predicted molar refractivity (Wildman–Crippen MR) is 79.4 cm³/mol. The quantitative estimate of drug-likeness (QED) is 0.897. The van der Waals surface area contributed by atoms with E-state index in [0.29, 0.717) is 0 Å². The van der Waals surface area contributed by atoms with Crippen LogP contribution in [0.25, 0.3) is 5.78 Å². The van der Waals surface area contributed by atoms with Crippen LogP contribution in [0.4, 0.5) is 0 Å². The molecule has 1 N–H and O–H groups in total. The highest BCUT2D eigenvalue weighted by molar-refractivity contribution is 7.89. The van der Waals surface area contributed by atoms with Crippen LogP contribution < -0.4 is 4.72 Å². The molecule has 2 aromatic rings. The van der Waals surface area contributed by atoms with Gasteiger partial charge in [0.05, 0.1) is 6.07 Å². The molecule has 9 heteroatoms. The second-order valence-corrected chi connectivity index (χ2v) is 7.30. The number of nitrogens with zero attached hydrogens (tertiary/aromatic N) is 5. The first kappa shape index (κ1) is 16.3. The average Bonchev–Trinajstić information content (AvgIpc) is 2.82. The molecule has 8 nitrogen and oxygen atoms in total. The summed E-state index contributed by atoms with van der Waals surface area (Å²) in [5, 5.41) is 12.8. The Labute approximate surface area is 129 Å². The van der Waals surface area contributed by atoms with Gasteiger partial charge in [0.1, 0.15) is 5.54 Å². The molecule has 0 aliphatic heterocycles. The van der Waals surface area contributed by atoms with Crippen molar-refractivity contribution in [1.29, 1.82) is 5.26 Å². The summed E-state index contributed by atoms with van der Waals surface area (Å²) in [6.07, 6.45) is 0. The summed E-state index contributed by atoms with van der Waals surface area (Å²) in [4.78, 5) is 8.12. The van der Waals surface area contributed by atoms with E-state index in [1.807, 2.05) is 6.07 Å². The number of fused-ring (bicyclic) bond motifs is 1. The predicted octanol–water partition coefficient (Wildman–Crippen LogP) is 0.958. The monoisotopic (exact) mass is 322 g/mol. The maximum absolute atomic E-state index is 12.4. The Balaban J connectivity index is 2.51. The molecule has 0 fully saturated rings. The third-order valence-corrected chi connectivity index (χ3v) is 4.92. The summed E-state index contributed by atoms with van der Waals surface area (Å²) in [6, 6.07) is 3.77. The SMILES string of the molecule is Cc1cc(C)n2nc(S(=O)(=O)N[C@@](C)(C#N)C(C)C)nc2n1. The van der Waals surface area contributed by atoms with Crippen LogP contribution in [-0.2, 0) is 10.0 Å². The number of nitrogens with one attached hydrogen (secondary N) is 1. The summed E-state index contributed by atoms with van der Waals surface area (Å²) in [5.41, 5.74) is 0.205. The number of aromatic nitrogens is 4. The maximum Gasteiger partial charge on any atom is 0.284 e. The molecule has 0 amide bonds. The number of hydrogen-bond acceptors (Lipinski definition) is 6. The smallest absolute Gasteiger partial charge is 0.216 e. The zero-order valence-electron chi connectivity index (χ0n) is 13.1. The summed E-state index contributed by atoms with van der Waals surface area (Å²) in [6.45, 7) is 8.63. The van der Waals surface area contributed by atoms with Gasteiger partial charge in [0.15, 0.2) is 0 Å². The van der Waals surface area contributed by atoms with Crippen LogP contribution in [0.3, 0.4) is 0 Å². The topological polar surface area (TPSA) is 113 Å². The van der Waals surface area contributed by atoms with Crippen LogP contribution in [0.5, 0.6) is 0 Å². The highest BCUT2D eigenvalue weighted by Crippen LogP contribution is 2.19. The lowest BCUT2D eigenvalue weighted by molar-refractivity contribution is 0.387. The van der Waals surface area contributed by atoms with Gasteiger partial charge < -0.3 is 0 Å². The van der Waals surface area contributed by atoms with Gasteiger partial charge in [-0.05, 0) is 32.8 Å². The fraction of sp³-hybridized carbons (Fsp3) is 0.538. The molecule has 0 aromatic carbocycles. The number of aryl methyl sites for hydroxylation is 2. The number of nitriles is 1. The first-order valence-corrected chi connectivity index (χ1v) is 8.23. The van der Waals surface area contributed by atoms with E-state index >= 15 is 0 Å². The average molecular weight is 322 g/mol. The number of hydrogen-bond donors (Lipinski definition) is 1. The van der Waals surface area contributed by atoms with Gasteiger partial charge in [0, 0.05) is 11.4 Å². The normalized spacial score (nSPS) is 15.0. The van der Waals surface area contributed by atoms with Gasteiger partial charge >= 0.3 is 0 Å². The van der Waals surface area contributed by atoms with E-state index in [-0.39, 0.29) is 11.7 Å². The van der Waals surface area contributed by atoms with Crippen molar-refractivity contribution in [1.82, 2.24) is 24.3 Å². The molecule has 0 aliphatic rings. The van der Waals surface area contributed by atoms with Gasteiger partial charge in [-0.2, -0.15) is 15.0 Å². The summed E-state index contributed by atoms with van der Waals surface area (Å²) >= 11 is 0. The Morgan fingerprint density at radius 1 is 1.36 bits per heavy atom. The molecule has 0 unspecified atom stereocenters. The molecule has 0 radical (unpaired) electrons. The van der Waals surface area contributed by atoms with Crippen molar-refractivity contribution in [3.8, 4) is 6.07 Å². The third kappa shape index (κ3) is 2.80. The largest absolute Gasteiger partial charge is 0.284 e. The zero-order valence-corrected chi connectivity index (χ0v) is 13.9. The highest BCUT2D eigenvalue weighted by Gasteiger charge is 2.36. The molecular formula is C13H18N6O2S. The van der Waals surface area contributed by atoms with Crippen LogP contribution in [0, 0.1) is 31.1 Å². The second kappa shape index (κ2) is 5.30. The first-order chi connectivity index (χ1) is 10.1. The van der Waals surface area contributed by atoms with Crippen LogP contribution >= 0.6 is 0 Å². The van der Waals surface area contributed by atoms with Crippen molar-refractivity contribution in [2.24, 2.45) is 5.92 Å². The van der Waals surface area contributed by atoms with E-state index in [2.05, 4.69) is 19.8 Å². The molecule has 1 atom stereocenters. The van der Waals surface area contributed by atoms with Crippen molar-refractivity contribution < 1.29 is 8.42 Å². The van der Waals surface area contributed by atoms with Crippen LogP contribution in [-0.4, -0.2) is 33.5 Å². The maximum atomic E-state index is 12.4. The summed E-state index contributed by atoms with van der Waals surface area (Å²) in [5.74, 6) is -0.00695. The van der Waals surface area contributed by atoms with Crippen molar-refractivity contribution in [3.05, 3.63) is 17.5 Å². The van der Waals surface area contributed by atoms with Gasteiger partial charge in [0.2, 0.25) is 0 Å². The first-order valence-electron chi connectivity index (χ1n) is 6.75. The molecule has 2 aromatic heterocycles. The van der Waals surface area contributed by atoms with Crippen molar-refractivity contribution in [2.75, 3.05) is 0 Å². The minimum Gasteiger partial charge on any atom is -0.216 e. The summed E-state index contributed by atoms with van der Waals surface area (Å²) < 4.78 is 28.6. The highest BCUT2D eigenvalue weighted by atomic mass is 32.2. The van der Waals surface area contributed by atoms with E-state index in [1.54, 1.807) is 33.8 Å². The van der Waals surface area contributed by atoms with E-state index < -0.39 is 20.7 Å². The minimum absolute atomic E-state index is 0.209. The van der Waals surface area contributed by atoms with Gasteiger partial charge in [-0.25, -0.2) is 17.9 Å². The fourth-order valence-corrected chi connectivity index (χ4v) is 3.18. The summed E-state index contributed by atoms with van der Waals surface area (Å²) in [7, 11) is -4.02. The van der Waals surface area contributed by atoms with Crippen molar-refractivity contribution in [2.45, 2.75) is 45.3 Å². The zero-order chi connectivity index (χ0) is 16.7. The fourth-order valence-electron chi connectivity index (χ4n) is 1.86. The molecule has 2 rings (SSSR count). The molecule has 22 heavy (non-hydrogen) atoms. The molecule has 118 valence electrons. The van der Waals surface area contributed by atoms with Crippen molar-refractivity contribution in [3.63, 3.8) is 0 Å². The van der Waals surface area contributed by atoms with E-state index in [0.717, 1.165) is 11.4 Å². The molecule has 0 spiro atoms. The molecule has 0 bridgehead atoms. The van der Waals surface area contributed by atoms with Crippen LogP contribution in [0.1, 0.15) is 32.2 Å². The van der Waals surface area contributed by atoms with Crippen LogP contribution in [0.2, 0.25) is 0 Å². The Morgan fingerprint density at radius 2 is 2.00 bits per heavy atom. The second-order valence-electron chi connectivity index (χ2n) is 5.72. The number of sulfonamides is 1. The molecule has 0 saturated carbocycles. The molecule has 0 aliphatic carbocycles. The van der Waals surface area contributed by atoms with Gasteiger partial charge in [-0.15, -0.1) is 5.10 Å². The van der Waals surface area contributed by atoms with Gasteiger partial charge in [-0.1, -0.05) is 13.8 Å². The number of rotatable bonds is 4. The molecule has 0 saturated heterocycles. The lowest BCUT2D eigenvalue weighted by atomic mass is 9.92. The Kier molecular flexibility index (Phi) is 3.93. The Morgan fingerprint density at radius 3 is 2.55 bits per heavy atom. The van der Waals surface area contributed by atoms with E-state index in [1.165, 1.54) is 11.4 Å². The van der Waals surface area contributed by atoms with Crippen LogP contribution in [0.15, 0.2) is 11.2 Å². The molecule has 2 heterocycles. The lowest BCUT2D eigenvalue weighted by Gasteiger charge is -2.25. The molecular weight excluding hydrogens is 304 g/mol. The lowest BCUT2D eigenvalue weighted by Crippen LogP contribution is -2.48. The van der Waals surface area contributed by atoms with E-state index in [4.69, 9.17) is 0 Å². The van der Waals surface area contributed by atoms with E-state index in [9.17, 15) is 13.7 Å².